The van der Waals surface area contributed by atoms with Crippen molar-refractivity contribution in [3.05, 3.63) is 22.7 Å². The van der Waals surface area contributed by atoms with Crippen LogP contribution in [-0.4, -0.2) is 26.7 Å². The lowest BCUT2D eigenvalue weighted by Crippen LogP contribution is -2.30. The summed E-state index contributed by atoms with van der Waals surface area (Å²) in [6.07, 6.45) is 0. The number of hydrogen-bond donors (Lipinski definition) is 3. The maximum Gasteiger partial charge on any atom is 0.242 e. The van der Waals surface area contributed by atoms with Crippen molar-refractivity contribution in [3.63, 3.8) is 0 Å². The van der Waals surface area contributed by atoms with E-state index in [9.17, 15) is 8.42 Å². The van der Waals surface area contributed by atoms with Crippen LogP contribution in [0.15, 0.2) is 17.0 Å². The molecule has 0 fully saturated rings. The molecule has 0 saturated heterocycles. The monoisotopic (exact) mass is 292 g/mol. The first-order chi connectivity index (χ1) is 8.27. The molecule has 102 valence electrons. The normalized spacial score (nSPS) is 13.6. The van der Waals surface area contributed by atoms with Gasteiger partial charge in [-0.3, -0.25) is 0 Å². The summed E-state index contributed by atoms with van der Waals surface area (Å²) in [5.41, 5.74) is 6.77. The third kappa shape index (κ3) is 3.58. The molecule has 0 aliphatic heterocycles. The lowest BCUT2D eigenvalue weighted by molar-refractivity contribution is 0.238. The highest BCUT2D eigenvalue weighted by Crippen LogP contribution is 2.26. The molecule has 1 unspecified atom stereocenters. The number of aliphatic hydroxyl groups excluding tert-OH is 1. The molecular formula is C11H17ClN2O3S. The van der Waals surface area contributed by atoms with Gasteiger partial charge in [0, 0.05) is 18.8 Å². The topological polar surface area (TPSA) is 92.4 Å². The summed E-state index contributed by atoms with van der Waals surface area (Å²) < 4.78 is 26.4. The lowest BCUT2D eigenvalue weighted by Gasteiger charge is -2.12. The standard InChI is InChI=1S/C11H17ClN2O3S/c1-7(6-15)5-14-18(16,17)11-4-10(13)8(2)3-9(11)12/h3-4,7,14-15H,5-6,13H2,1-2H3. The van der Waals surface area contributed by atoms with Gasteiger partial charge in [0.25, 0.3) is 0 Å². The molecule has 0 heterocycles. The zero-order chi connectivity index (χ0) is 13.9. The summed E-state index contributed by atoms with van der Waals surface area (Å²) in [7, 11) is -3.71. The average Bonchev–Trinajstić information content (AvgIpc) is 2.30. The summed E-state index contributed by atoms with van der Waals surface area (Å²) in [6.45, 7) is 3.53. The van der Waals surface area contributed by atoms with Crippen LogP contribution in [0, 0.1) is 12.8 Å². The SMILES string of the molecule is Cc1cc(Cl)c(S(=O)(=O)NCC(C)CO)cc1N. The smallest absolute Gasteiger partial charge is 0.242 e. The van der Waals surface area contributed by atoms with Crippen molar-refractivity contribution in [3.8, 4) is 0 Å². The number of sulfonamides is 1. The van der Waals surface area contributed by atoms with E-state index in [1.807, 2.05) is 0 Å². The van der Waals surface area contributed by atoms with E-state index >= 15 is 0 Å². The molecule has 0 amide bonds. The van der Waals surface area contributed by atoms with Gasteiger partial charge in [0.05, 0.1) is 5.02 Å². The number of nitrogens with one attached hydrogen (secondary N) is 1. The van der Waals surface area contributed by atoms with E-state index < -0.39 is 10.0 Å². The van der Waals surface area contributed by atoms with Gasteiger partial charge in [-0.05, 0) is 30.5 Å². The summed E-state index contributed by atoms with van der Waals surface area (Å²) in [4.78, 5) is -0.0441. The number of halogens is 1. The molecule has 18 heavy (non-hydrogen) atoms. The van der Waals surface area contributed by atoms with Crippen LogP contribution in [-0.2, 0) is 10.0 Å². The minimum absolute atomic E-state index is 0.0441. The fourth-order valence-corrected chi connectivity index (χ4v) is 3.05. The second kappa shape index (κ2) is 5.88. The average molecular weight is 293 g/mol. The molecule has 4 N–H and O–H groups in total. The highest BCUT2D eigenvalue weighted by Gasteiger charge is 2.19. The van der Waals surface area contributed by atoms with E-state index in [2.05, 4.69) is 4.72 Å². The quantitative estimate of drug-likeness (QED) is 0.710. The van der Waals surface area contributed by atoms with Gasteiger partial charge in [-0.1, -0.05) is 18.5 Å². The molecule has 1 aromatic rings. The van der Waals surface area contributed by atoms with E-state index in [1.165, 1.54) is 12.1 Å². The van der Waals surface area contributed by atoms with Gasteiger partial charge in [-0.15, -0.1) is 0 Å². The Morgan fingerprint density at radius 1 is 1.50 bits per heavy atom. The summed E-state index contributed by atoms with van der Waals surface area (Å²) >= 11 is 5.91. The van der Waals surface area contributed by atoms with E-state index in [0.717, 1.165) is 5.56 Å². The number of anilines is 1. The zero-order valence-electron chi connectivity index (χ0n) is 10.3. The molecule has 0 aliphatic rings. The molecule has 5 nitrogen and oxygen atoms in total. The number of nitrogens with two attached hydrogens (primary N) is 1. The number of rotatable bonds is 5. The second-order valence-electron chi connectivity index (χ2n) is 4.28. The van der Waals surface area contributed by atoms with Crippen molar-refractivity contribution >= 4 is 27.3 Å². The Bertz CT molecular complexity index is 531. The minimum atomic E-state index is -3.71. The molecule has 1 rings (SSSR count). The first-order valence-electron chi connectivity index (χ1n) is 5.44. The van der Waals surface area contributed by atoms with Crippen LogP contribution in [0.1, 0.15) is 12.5 Å². The molecule has 0 aliphatic carbocycles. The van der Waals surface area contributed by atoms with Crippen molar-refractivity contribution in [2.24, 2.45) is 5.92 Å². The number of aliphatic hydroxyl groups is 1. The van der Waals surface area contributed by atoms with Crippen LogP contribution in [0.25, 0.3) is 0 Å². The Kier molecular flexibility index (Phi) is 4.98. The van der Waals surface area contributed by atoms with Gasteiger partial charge in [-0.2, -0.15) is 0 Å². The van der Waals surface area contributed by atoms with E-state index in [4.69, 9.17) is 22.4 Å². The van der Waals surface area contributed by atoms with Gasteiger partial charge < -0.3 is 10.8 Å². The molecule has 1 atom stereocenters. The lowest BCUT2D eigenvalue weighted by atomic mass is 10.2. The Morgan fingerprint density at radius 3 is 2.67 bits per heavy atom. The molecule has 0 spiro atoms. The third-order valence-corrected chi connectivity index (χ3v) is 4.43. The van der Waals surface area contributed by atoms with E-state index in [-0.39, 0.29) is 29.0 Å². The highest BCUT2D eigenvalue weighted by atomic mass is 35.5. The number of hydrogen-bond acceptors (Lipinski definition) is 4. The van der Waals surface area contributed by atoms with Crippen LogP contribution in [0.3, 0.4) is 0 Å². The van der Waals surface area contributed by atoms with Crippen LogP contribution in [0.4, 0.5) is 5.69 Å². The molecule has 0 bridgehead atoms. The Hall–Kier alpha value is -0.820. The van der Waals surface area contributed by atoms with Crippen LogP contribution >= 0.6 is 11.6 Å². The van der Waals surface area contributed by atoms with Crippen molar-refractivity contribution < 1.29 is 13.5 Å². The Balaban J connectivity index is 3.02. The number of nitrogen functional groups attached to an aromatic ring is 1. The maximum atomic E-state index is 12.0. The first kappa shape index (κ1) is 15.2. The molecule has 0 saturated carbocycles. The molecule has 7 heteroatoms. The summed E-state index contributed by atoms with van der Waals surface area (Å²) in [5.74, 6) is -0.165. The van der Waals surface area contributed by atoms with E-state index in [0.29, 0.717) is 5.69 Å². The zero-order valence-corrected chi connectivity index (χ0v) is 11.8. The first-order valence-corrected chi connectivity index (χ1v) is 7.30. The van der Waals surface area contributed by atoms with Gasteiger partial charge in [0.1, 0.15) is 4.90 Å². The summed E-state index contributed by atoms with van der Waals surface area (Å²) in [6, 6.07) is 2.85. The highest BCUT2D eigenvalue weighted by molar-refractivity contribution is 7.89. The van der Waals surface area contributed by atoms with Crippen LogP contribution < -0.4 is 10.5 Å². The predicted octanol–water partition coefficient (Wildman–Crippen LogP) is 1.14. The Morgan fingerprint density at radius 2 is 2.11 bits per heavy atom. The predicted molar refractivity (Wildman–Crippen MR) is 72.0 cm³/mol. The number of aryl methyl sites for hydroxylation is 1. The van der Waals surface area contributed by atoms with Crippen molar-refractivity contribution in [1.29, 1.82) is 0 Å². The van der Waals surface area contributed by atoms with Crippen LogP contribution in [0.5, 0.6) is 0 Å². The van der Waals surface area contributed by atoms with Gasteiger partial charge in [0.15, 0.2) is 0 Å². The van der Waals surface area contributed by atoms with Crippen molar-refractivity contribution in [1.82, 2.24) is 4.72 Å². The fourth-order valence-electron chi connectivity index (χ4n) is 1.27. The Labute approximate surface area is 112 Å². The molecule has 0 aromatic heterocycles. The van der Waals surface area contributed by atoms with Gasteiger partial charge in [0.2, 0.25) is 10.0 Å². The third-order valence-electron chi connectivity index (χ3n) is 2.54. The second-order valence-corrected chi connectivity index (χ2v) is 6.42. The summed E-state index contributed by atoms with van der Waals surface area (Å²) in [5, 5.41) is 8.99. The van der Waals surface area contributed by atoms with Crippen molar-refractivity contribution in [2.75, 3.05) is 18.9 Å². The van der Waals surface area contributed by atoms with Crippen LogP contribution in [0.2, 0.25) is 5.02 Å². The molecule has 1 aromatic carbocycles. The van der Waals surface area contributed by atoms with Gasteiger partial charge >= 0.3 is 0 Å². The minimum Gasteiger partial charge on any atom is -0.398 e. The fraction of sp³-hybridized carbons (Fsp3) is 0.455. The molecular weight excluding hydrogens is 276 g/mol. The van der Waals surface area contributed by atoms with Gasteiger partial charge in [-0.25, -0.2) is 13.1 Å². The molecule has 0 radical (unpaired) electrons. The number of benzene rings is 1. The maximum absolute atomic E-state index is 12.0. The van der Waals surface area contributed by atoms with E-state index in [1.54, 1.807) is 13.8 Å². The van der Waals surface area contributed by atoms with Crippen molar-refractivity contribution in [2.45, 2.75) is 18.7 Å². The largest absolute Gasteiger partial charge is 0.398 e.